The van der Waals surface area contributed by atoms with E-state index >= 15 is 0 Å². The minimum Gasteiger partial charge on any atom is -0.328 e. The zero-order valence-corrected chi connectivity index (χ0v) is 7.49. The summed E-state index contributed by atoms with van der Waals surface area (Å²) in [7, 11) is 0. The average Bonchev–Trinajstić information content (AvgIpc) is 1.88. The molecule has 10 heavy (non-hydrogen) atoms. The predicted molar refractivity (Wildman–Crippen MR) is 48.4 cm³/mol. The van der Waals surface area contributed by atoms with Crippen molar-refractivity contribution in [2.24, 2.45) is 5.73 Å². The molecular formula is C8H17NS. The highest BCUT2D eigenvalue weighted by Gasteiger charge is 2.14. The van der Waals surface area contributed by atoms with Crippen LogP contribution in [0.3, 0.4) is 0 Å². The Kier molecular flexibility index (Phi) is 3.57. The van der Waals surface area contributed by atoms with Gasteiger partial charge in [0.1, 0.15) is 0 Å². The maximum atomic E-state index is 5.71. The van der Waals surface area contributed by atoms with Crippen molar-refractivity contribution >= 4 is 11.8 Å². The highest BCUT2D eigenvalue weighted by atomic mass is 32.2. The quantitative estimate of drug-likeness (QED) is 0.667. The molecule has 1 heterocycles. The SMILES string of the molecule is CC(N)CC1CCCCS1. The average molecular weight is 159 g/mol. The summed E-state index contributed by atoms with van der Waals surface area (Å²) in [5, 5.41) is 0.869. The number of hydrogen-bond acceptors (Lipinski definition) is 2. The van der Waals surface area contributed by atoms with Crippen molar-refractivity contribution in [2.45, 2.75) is 43.9 Å². The van der Waals surface area contributed by atoms with Crippen LogP contribution in [0, 0.1) is 0 Å². The molecule has 2 unspecified atom stereocenters. The summed E-state index contributed by atoms with van der Waals surface area (Å²) in [5.74, 6) is 1.36. The van der Waals surface area contributed by atoms with Crippen LogP contribution in [-0.2, 0) is 0 Å². The molecule has 0 amide bonds. The van der Waals surface area contributed by atoms with Crippen LogP contribution in [0.1, 0.15) is 32.6 Å². The van der Waals surface area contributed by atoms with Crippen LogP contribution >= 0.6 is 11.8 Å². The van der Waals surface area contributed by atoms with Crippen molar-refractivity contribution in [2.75, 3.05) is 5.75 Å². The van der Waals surface area contributed by atoms with Crippen molar-refractivity contribution in [1.29, 1.82) is 0 Å². The van der Waals surface area contributed by atoms with Gasteiger partial charge in [-0.15, -0.1) is 0 Å². The first-order chi connectivity index (χ1) is 4.79. The Morgan fingerprint density at radius 2 is 2.40 bits per heavy atom. The van der Waals surface area contributed by atoms with E-state index in [4.69, 9.17) is 5.73 Å². The standard InChI is InChI=1S/C8H17NS/c1-7(9)6-8-4-2-3-5-10-8/h7-8H,2-6,9H2,1H3. The van der Waals surface area contributed by atoms with E-state index in [1.54, 1.807) is 0 Å². The zero-order valence-electron chi connectivity index (χ0n) is 6.68. The van der Waals surface area contributed by atoms with E-state index in [-0.39, 0.29) is 0 Å². The van der Waals surface area contributed by atoms with Crippen molar-refractivity contribution in [3.63, 3.8) is 0 Å². The van der Waals surface area contributed by atoms with Gasteiger partial charge >= 0.3 is 0 Å². The van der Waals surface area contributed by atoms with E-state index in [1.165, 1.54) is 31.4 Å². The number of thioether (sulfide) groups is 1. The Balaban J connectivity index is 2.13. The van der Waals surface area contributed by atoms with Gasteiger partial charge in [0, 0.05) is 11.3 Å². The van der Waals surface area contributed by atoms with Gasteiger partial charge in [-0.3, -0.25) is 0 Å². The van der Waals surface area contributed by atoms with Crippen molar-refractivity contribution in [3.8, 4) is 0 Å². The third kappa shape index (κ3) is 2.93. The summed E-state index contributed by atoms with van der Waals surface area (Å²) in [6, 6.07) is 0.399. The second kappa shape index (κ2) is 4.24. The molecule has 60 valence electrons. The molecule has 1 aliphatic rings. The fraction of sp³-hybridized carbons (Fsp3) is 1.00. The van der Waals surface area contributed by atoms with Crippen LogP contribution in [0.15, 0.2) is 0 Å². The predicted octanol–water partition coefficient (Wildman–Crippen LogP) is 2.01. The summed E-state index contributed by atoms with van der Waals surface area (Å²) >= 11 is 2.11. The first kappa shape index (κ1) is 8.41. The summed E-state index contributed by atoms with van der Waals surface area (Å²) in [5.41, 5.74) is 5.71. The van der Waals surface area contributed by atoms with E-state index in [9.17, 15) is 0 Å². The van der Waals surface area contributed by atoms with Crippen molar-refractivity contribution in [1.82, 2.24) is 0 Å². The lowest BCUT2D eigenvalue weighted by Gasteiger charge is -2.22. The van der Waals surface area contributed by atoms with Gasteiger partial charge in [-0.2, -0.15) is 11.8 Å². The van der Waals surface area contributed by atoms with Gasteiger partial charge in [-0.05, 0) is 31.9 Å². The molecule has 1 rings (SSSR count). The number of rotatable bonds is 2. The van der Waals surface area contributed by atoms with Gasteiger partial charge in [-0.1, -0.05) is 6.42 Å². The van der Waals surface area contributed by atoms with Gasteiger partial charge < -0.3 is 5.73 Å². The third-order valence-electron chi connectivity index (χ3n) is 1.91. The lowest BCUT2D eigenvalue weighted by Crippen LogP contribution is -2.22. The Bertz CT molecular complexity index is 87.3. The van der Waals surface area contributed by atoms with Gasteiger partial charge in [0.25, 0.3) is 0 Å². The molecule has 1 aliphatic heterocycles. The normalized spacial score (nSPS) is 30.0. The monoisotopic (exact) mass is 159 g/mol. The summed E-state index contributed by atoms with van der Waals surface area (Å²) in [4.78, 5) is 0. The van der Waals surface area contributed by atoms with Crippen LogP contribution in [0.25, 0.3) is 0 Å². The molecule has 0 aromatic heterocycles. The molecule has 0 aromatic carbocycles. The minimum absolute atomic E-state index is 0.399. The molecule has 0 spiro atoms. The Labute approximate surface area is 67.8 Å². The van der Waals surface area contributed by atoms with Gasteiger partial charge in [-0.25, -0.2) is 0 Å². The zero-order chi connectivity index (χ0) is 7.40. The summed E-state index contributed by atoms with van der Waals surface area (Å²) in [6.45, 7) is 2.11. The Morgan fingerprint density at radius 1 is 1.60 bits per heavy atom. The first-order valence-electron chi connectivity index (χ1n) is 4.16. The van der Waals surface area contributed by atoms with Crippen LogP contribution in [0.5, 0.6) is 0 Å². The van der Waals surface area contributed by atoms with Crippen LogP contribution in [0.4, 0.5) is 0 Å². The number of nitrogens with two attached hydrogens (primary N) is 1. The second-order valence-corrected chi connectivity index (χ2v) is 4.61. The van der Waals surface area contributed by atoms with Gasteiger partial charge in [0.05, 0.1) is 0 Å². The number of hydrogen-bond donors (Lipinski definition) is 1. The highest BCUT2D eigenvalue weighted by molar-refractivity contribution is 7.99. The third-order valence-corrected chi connectivity index (χ3v) is 3.33. The summed E-state index contributed by atoms with van der Waals surface area (Å²) in [6.07, 6.45) is 5.45. The molecular weight excluding hydrogens is 142 g/mol. The lowest BCUT2D eigenvalue weighted by molar-refractivity contribution is 0.576. The smallest absolute Gasteiger partial charge is 0.00616 e. The topological polar surface area (TPSA) is 26.0 Å². The molecule has 0 aliphatic carbocycles. The Hall–Kier alpha value is 0.310. The first-order valence-corrected chi connectivity index (χ1v) is 5.21. The minimum atomic E-state index is 0.399. The van der Waals surface area contributed by atoms with Crippen molar-refractivity contribution in [3.05, 3.63) is 0 Å². The van der Waals surface area contributed by atoms with Crippen LogP contribution in [0.2, 0.25) is 0 Å². The fourth-order valence-corrected chi connectivity index (χ4v) is 2.89. The molecule has 1 fully saturated rings. The molecule has 1 saturated heterocycles. The van der Waals surface area contributed by atoms with E-state index in [0.717, 1.165) is 5.25 Å². The van der Waals surface area contributed by atoms with Gasteiger partial charge in [0.15, 0.2) is 0 Å². The maximum Gasteiger partial charge on any atom is 0.00616 e. The molecule has 0 aromatic rings. The fourth-order valence-electron chi connectivity index (χ4n) is 1.41. The second-order valence-electron chi connectivity index (χ2n) is 3.20. The van der Waals surface area contributed by atoms with E-state index in [0.29, 0.717) is 6.04 Å². The van der Waals surface area contributed by atoms with E-state index in [1.807, 2.05) is 0 Å². The maximum absolute atomic E-state index is 5.71. The molecule has 0 saturated carbocycles. The molecule has 2 heteroatoms. The van der Waals surface area contributed by atoms with Crippen LogP contribution in [-0.4, -0.2) is 17.0 Å². The van der Waals surface area contributed by atoms with Gasteiger partial charge in [0.2, 0.25) is 0 Å². The summed E-state index contributed by atoms with van der Waals surface area (Å²) < 4.78 is 0. The Morgan fingerprint density at radius 3 is 2.90 bits per heavy atom. The highest BCUT2D eigenvalue weighted by Crippen LogP contribution is 2.27. The lowest BCUT2D eigenvalue weighted by atomic mass is 10.1. The molecule has 2 N–H and O–H groups in total. The van der Waals surface area contributed by atoms with Crippen molar-refractivity contribution < 1.29 is 0 Å². The molecule has 2 atom stereocenters. The van der Waals surface area contributed by atoms with Crippen LogP contribution < -0.4 is 5.73 Å². The molecule has 0 bridgehead atoms. The molecule has 1 nitrogen and oxygen atoms in total. The van der Waals surface area contributed by atoms with E-state index in [2.05, 4.69) is 18.7 Å². The largest absolute Gasteiger partial charge is 0.328 e. The van der Waals surface area contributed by atoms with E-state index < -0.39 is 0 Å². The molecule has 0 radical (unpaired) electrons.